The lowest BCUT2D eigenvalue weighted by atomic mass is 9.94. The summed E-state index contributed by atoms with van der Waals surface area (Å²) >= 11 is 5.89. The quantitative estimate of drug-likeness (QED) is 0.904. The minimum atomic E-state index is -0.261. The summed E-state index contributed by atoms with van der Waals surface area (Å²) in [4.78, 5) is 26.7. The number of carbonyl (C=O) groups excluding carboxylic acids is 2. The van der Waals surface area contributed by atoms with Crippen LogP contribution in [0.3, 0.4) is 0 Å². The summed E-state index contributed by atoms with van der Waals surface area (Å²) in [5.74, 6) is 0.0118. The van der Waals surface area contributed by atoms with Gasteiger partial charge in [0, 0.05) is 38.1 Å². The summed E-state index contributed by atoms with van der Waals surface area (Å²) in [6, 6.07) is 7.33. The highest BCUT2D eigenvalue weighted by Crippen LogP contribution is 2.23. The normalized spacial score (nSPS) is 13.2. The van der Waals surface area contributed by atoms with Crippen LogP contribution in [0.5, 0.6) is 0 Å². The minimum Gasteiger partial charge on any atom is -0.347 e. The van der Waals surface area contributed by atoms with Crippen LogP contribution in [0.25, 0.3) is 0 Å². The Morgan fingerprint density at radius 3 is 2.18 bits per heavy atom. The van der Waals surface area contributed by atoms with Crippen LogP contribution in [0.1, 0.15) is 25.3 Å². The maximum atomic E-state index is 12.1. The van der Waals surface area contributed by atoms with Crippen LogP contribution in [-0.4, -0.2) is 55.5 Å². The van der Waals surface area contributed by atoms with Crippen molar-refractivity contribution in [1.29, 1.82) is 0 Å². The highest BCUT2D eigenvalue weighted by Gasteiger charge is 2.22. The molecule has 0 bridgehead atoms. The average Bonchev–Trinajstić information content (AvgIpc) is 2.50. The fraction of sp³-hybridized carbons (Fsp3) is 0.500. The molecular weight excluding hydrogens is 302 g/mol. The zero-order valence-electron chi connectivity index (χ0n) is 13.8. The van der Waals surface area contributed by atoms with Gasteiger partial charge >= 0.3 is 6.03 Å². The molecule has 0 aliphatic carbocycles. The molecule has 0 aliphatic heterocycles. The standard InChI is InChI=1S/C16H24ClN3O2/c1-11(13-6-8-14(17)9-7-13)12(2)20(5)16(22)18-10-15(21)19(3)4/h6-9,11-12H,10H2,1-5H3,(H,18,22)/t11-,12+/m1/s1. The van der Waals surface area contributed by atoms with Crippen LogP contribution in [0.15, 0.2) is 24.3 Å². The van der Waals surface area contributed by atoms with Crippen molar-refractivity contribution < 1.29 is 9.59 Å². The molecule has 0 spiro atoms. The highest BCUT2D eigenvalue weighted by atomic mass is 35.5. The lowest BCUT2D eigenvalue weighted by Crippen LogP contribution is -2.47. The van der Waals surface area contributed by atoms with E-state index in [4.69, 9.17) is 11.6 Å². The number of halogens is 1. The van der Waals surface area contributed by atoms with E-state index in [0.29, 0.717) is 5.02 Å². The molecule has 0 saturated heterocycles. The molecule has 122 valence electrons. The lowest BCUT2D eigenvalue weighted by molar-refractivity contribution is -0.127. The Balaban J connectivity index is 2.63. The highest BCUT2D eigenvalue weighted by molar-refractivity contribution is 6.30. The molecule has 0 saturated carbocycles. The number of amides is 3. The summed E-state index contributed by atoms with van der Waals surface area (Å²) < 4.78 is 0. The maximum absolute atomic E-state index is 12.1. The first-order valence-electron chi connectivity index (χ1n) is 7.20. The fourth-order valence-corrected chi connectivity index (χ4v) is 2.13. The zero-order valence-corrected chi connectivity index (χ0v) is 14.5. The number of urea groups is 1. The molecular formula is C16H24ClN3O2. The number of likely N-dealkylation sites (N-methyl/N-ethyl adjacent to an activating group) is 2. The van der Waals surface area contributed by atoms with Crippen LogP contribution in [0.4, 0.5) is 4.79 Å². The molecule has 3 amide bonds. The van der Waals surface area contributed by atoms with Gasteiger partial charge in [0.15, 0.2) is 0 Å². The molecule has 1 aromatic rings. The van der Waals surface area contributed by atoms with Gasteiger partial charge in [-0.25, -0.2) is 4.79 Å². The predicted molar refractivity (Wildman–Crippen MR) is 89.2 cm³/mol. The van der Waals surface area contributed by atoms with Gasteiger partial charge in [0.05, 0.1) is 6.54 Å². The smallest absolute Gasteiger partial charge is 0.317 e. The van der Waals surface area contributed by atoms with E-state index < -0.39 is 0 Å². The van der Waals surface area contributed by atoms with Crippen LogP contribution < -0.4 is 5.32 Å². The average molecular weight is 326 g/mol. The van der Waals surface area contributed by atoms with Gasteiger partial charge in [-0.15, -0.1) is 0 Å². The minimum absolute atomic E-state index is 0.00177. The summed E-state index contributed by atoms with van der Waals surface area (Å²) in [5, 5.41) is 3.33. The van der Waals surface area contributed by atoms with Crippen molar-refractivity contribution in [3.63, 3.8) is 0 Å². The molecule has 0 fully saturated rings. The molecule has 0 unspecified atom stereocenters. The van der Waals surface area contributed by atoms with Crippen molar-refractivity contribution >= 4 is 23.5 Å². The molecule has 0 heterocycles. The predicted octanol–water partition coefficient (Wildman–Crippen LogP) is 2.56. The van der Waals surface area contributed by atoms with E-state index >= 15 is 0 Å². The number of nitrogens with zero attached hydrogens (tertiary/aromatic N) is 2. The number of carbonyl (C=O) groups is 2. The fourth-order valence-electron chi connectivity index (χ4n) is 2.00. The largest absolute Gasteiger partial charge is 0.347 e. The molecule has 1 aromatic carbocycles. The molecule has 1 rings (SSSR count). The molecule has 6 heteroatoms. The van der Waals surface area contributed by atoms with E-state index in [1.165, 1.54) is 4.90 Å². The molecule has 5 nitrogen and oxygen atoms in total. The molecule has 1 N–H and O–H groups in total. The second-order valence-electron chi connectivity index (χ2n) is 5.64. The van der Waals surface area contributed by atoms with E-state index in [2.05, 4.69) is 12.2 Å². The first-order chi connectivity index (χ1) is 10.2. The van der Waals surface area contributed by atoms with E-state index in [-0.39, 0.29) is 30.4 Å². The van der Waals surface area contributed by atoms with Crippen LogP contribution in [-0.2, 0) is 4.79 Å². The van der Waals surface area contributed by atoms with Gasteiger partial charge in [-0.1, -0.05) is 30.7 Å². The molecule has 2 atom stereocenters. The van der Waals surface area contributed by atoms with E-state index in [1.807, 2.05) is 31.2 Å². The Hall–Kier alpha value is -1.75. The topological polar surface area (TPSA) is 52.7 Å². The summed E-state index contributed by atoms with van der Waals surface area (Å²) in [5.41, 5.74) is 1.11. The van der Waals surface area contributed by atoms with Crippen molar-refractivity contribution in [2.45, 2.75) is 25.8 Å². The van der Waals surface area contributed by atoms with Crippen LogP contribution >= 0.6 is 11.6 Å². The molecule has 0 radical (unpaired) electrons. The van der Waals surface area contributed by atoms with Crippen molar-refractivity contribution in [3.8, 4) is 0 Å². The van der Waals surface area contributed by atoms with Crippen LogP contribution in [0.2, 0.25) is 5.02 Å². The number of hydrogen-bond donors (Lipinski definition) is 1. The van der Waals surface area contributed by atoms with Gasteiger partial charge < -0.3 is 15.1 Å². The third-order valence-electron chi connectivity index (χ3n) is 3.94. The summed E-state index contributed by atoms with van der Waals surface area (Å²) in [6.07, 6.45) is 0. The first kappa shape index (κ1) is 18.3. The van der Waals surface area contributed by atoms with Gasteiger partial charge in [0.1, 0.15) is 0 Å². The Labute approximate surface area is 137 Å². The van der Waals surface area contributed by atoms with Crippen molar-refractivity contribution in [1.82, 2.24) is 15.1 Å². The Bertz CT molecular complexity index is 517. The second-order valence-corrected chi connectivity index (χ2v) is 6.08. The molecule has 0 aromatic heterocycles. The molecule has 22 heavy (non-hydrogen) atoms. The third kappa shape index (κ3) is 4.91. The lowest BCUT2D eigenvalue weighted by Gasteiger charge is -2.30. The van der Waals surface area contributed by atoms with Gasteiger partial charge in [-0.05, 0) is 24.6 Å². The van der Waals surface area contributed by atoms with Gasteiger partial charge in [-0.3, -0.25) is 4.79 Å². The maximum Gasteiger partial charge on any atom is 0.317 e. The van der Waals surface area contributed by atoms with Gasteiger partial charge in [-0.2, -0.15) is 0 Å². The Morgan fingerprint density at radius 1 is 1.14 bits per heavy atom. The monoisotopic (exact) mass is 325 g/mol. The van der Waals surface area contributed by atoms with Crippen molar-refractivity contribution in [3.05, 3.63) is 34.9 Å². The number of benzene rings is 1. The number of rotatable bonds is 5. The van der Waals surface area contributed by atoms with Gasteiger partial charge in [0.25, 0.3) is 0 Å². The van der Waals surface area contributed by atoms with E-state index in [1.54, 1.807) is 26.0 Å². The van der Waals surface area contributed by atoms with Crippen LogP contribution in [0, 0.1) is 0 Å². The van der Waals surface area contributed by atoms with Gasteiger partial charge in [0.2, 0.25) is 5.91 Å². The Kier molecular flexibility index (Phi) is 6.68. The zero-order chi connectivity index (χ0) is 16.9. The van der Waals surface area contributed by atoms with Crippen molar-refractivity contribution in [2.75, 3.05) is 27.7 Å². The number of hydrogen-bond acceptors (Lipinski definition) is 2. The third-order valence-corrected chi connectivity index (χ3v) is 4.19. The first-order valence-corrected chi connectivity index (χ1v) is 7.58. The van der Waals surface area contributed by atoms with Crippen molar-refractivity contribution in [2.24, 2.45) is 0 Å². The number of nitrogens with one attached hydrogen (secondary N) is 1. The van der Waals surface area contributed by atoms with E-state index in [0.717, 1.165) is 5.56 Å². The summed E-state index contributed by atoms with van der Waals surface area (Å²) in [6.45, 7) is 4.04. The molecule has 0 aliphatic rings. The second kappa shape index (κ2) is 8.03. The SMILES string of the molecule is C[C@@H](c1ccc(Cl)cc1)[C@H](C)N(C)C(=O)NCC(=O)N(C)C. The Morgan fingerprint density at radius 2 is 1.68 bits per heavy atom. The van der Waals surface area contributed by atoms with E-state index in [9.17, 15) is 9.59 Å². The summed E-state index contributed by atoms with van der Waals surface area (Å²) in [7, 11) is 5.04.